The number of hydrogen-bond donors (Lipinski definition) is 1. The molecule has 90 valence electrons. The van der Waals surface area contributed by atoms with Gasteiger partial charge in [0.15, 0.2) is 0 Å². The molecule has 2 rings (SSSR count). The molecule has 1 heterocycles. The van der Waals surface area contributed by atoms with Crippen LogP contribution in [-0.2, 0) is 0 Å². The highest BCUT2D eigenvalue weighted by Crippen LogP contribution is 2.31. The van der Waals surface area contributed by atoms with Gasteiger partial charge >= 0.3 is 0 Å². The highest BCUT2D eigenvalue weighted by Gasteiger charge is 2.24. The van der Waals surface area contributed by atoms with Crippen LogP contribution in [0.2, 0.25) is 0 Å². The van der Waals surface area contributed by atoms with E-state index in [1.807, 2.05) is 0 Å². The zero-order valence-electron chi connectivity index (χ0n) is 9.17. The average molecular weight is 248 g/mol. The van der Waals surface area contributed by atoms with Gasteiger partial charge in [-0.25, -0.2) is 8.78 Å². The number of benzene rings is 1. The van der Waals surface area contributed by atoms with E-state index in [0.29, 0.717) is 11.5 Å². The Kier molecular flexibility index (Phi) is 4.69. The van der Waals surface area contributed by atoms with Gasteiger partial charge in [0.25, 0.3) is 0 Å². The number of rotatable bonds is 1. The third kappa shape index (κ3) is 2.71. The summed E-state index contributed by atoms with van der Waals surface area (Å²) in [6.45, 7) is 3.91. The van der Waals surface area contributed by atoms with Crippen LogP contribution >= 0.6 is 12.4 Å². The van der Waals surface area contributed by atoms with Crippen molar-refractivity contribution < 1.29 is 8.78 Å². The van der Waals surface area contributed by atoms with Crippen molar-refractivity contribution in [3.63, 3.8) is 0 Å². The normalized spacial score (nSPS) is 24.9. The van der Waals surface area contributed by atoms with E-state index in [2.05, 4.69) is 12.2 Å². The fourth-order valence-corrected chi connectivity index (χ4v) is 2.28. The van der Waals surface area contributed by atoms with Gasteiger partial charge in [-0.2, -0.15) is 0 Å². The van der Waals surface area contributed by atoms with Crippen molar-refractivity contribution in [2.75, 3.05) is 13.1 Å². The Balaban J connectivity index is 0.00000128. The molecule has 0 radical (unpaired) electrons. The highest BCUT2D eigenvalue weighted by atomic mass is 35.5. The molecule has 1 fully saturated rings. The summed E-state index contributed by atoms with van der Waals surface area (Å²) < 4.78 is 26.3. The minimum atomic E-state index is -0.502. The monoisotopic (exact) mass is 247 g/mol. The Hall–Kier alpha value is -0.670. The smallest absolute Gasteiger partial charge is 0.129 e. The maximum Gasteiger partial charge on any atom is 0.129 e. The van der Waals surface area contributed by atoms with Crippen LogP contribution in [0.5, 0.6) is 0 Å². The first-order valence-electron chi connectivity index (χ1n) is 5.34. The van der Waals surface area contributed by atoms with Crippen LogP contribution in [-0.4, -0.2) is 13.1 Å². The fourth-order valence-electron chi connectivity index (χ4n) is 2.28. The molecule has 1 nitrogen and oxygen atoms in total. The lowest BCUT2D eigenvalue weighted by atomic mass is 9.82. The third-order valence-corrected chi connectivity index (χ3v) is 3.15. The Bertz CT molecular complexity index is 357. The fraction of sp³-hybridized carbons (Fsp3) is 0.500. The third-order valence-electron chi connectivity index (χ3n) is 3.15. The van der Waals surface area contributed by atoms with Crippen molar-refractivity contribution in [3.05, 3.63) is 35.4 Å². The van der Waals surface area contributed by atoms with Crippen LogP contribution in [0.15, 0.2) is 18.2 Å². The maximum atomic E-state index is 13.5. The highest BCUT2D eigenvalue weighted by molar-refractivity contribution is 5.85. The summed E-state index contributed by atoms with van der Waals surface area (Å²) in [7, 11) is 0. The summed E-state index contributed by atoms with van der Waals surface area (Å²) in [6, 6.07) is 3.90. The van der Waals surface area contributed by atoms with Gasteiger partial charge in [-0.3, -0.25) is 0 Å². The first kappa shape index (κ1) is 13.4. The van der Waals surface area contributed by atoms with Gasteiger partial charge in [-0.15, -0.1) is 12.4 Å². The van der Waals surface area contributed by atoms with Crippen molar-refractivity contribution in [1.29, 1.82) is 0 Å². The van der Waals surface area contributed by atoms with Crippen molar-refractivity contribution >= 4 is 12.4 Å². The van der Waals surface area contributed by atoms with Gasteiger partial charge in [0.05, 0.1) is 0 Å². The summed E-state index contributed by atoms with van der Waals surface area (Å²) in [4.78, 5) is 0. The summed E-state index contributed by atoms with van der Waals surface area (Å²) in [5.41, 5.74) is 0.658. The van der Waals surface area contributed by atoms with Crippen molar-refractivity contribution in [2.24, 2.45) is 5.92 Å². The molecule has 2 atom stereocenters. The van der Waals surface area contributed by atoms with Gasteiger partial charge in [0.1, 0.15) is 11.6 Å². The van der Waals surface area contributed by atoms with E-state index in [1.54, 1.807) is 6.07 Å². The molecule has 16 heavy (non-hydrogen) atoms. The quantitative estimate of drug-likeness (QED) is 0.804. The van der Waals surface area contributed by atoms with Gasteiger partial charge < -0.3 is 5.32 Å². The minimum Gasteiger partial charge on any atom is -0.316 e. The SMILES string of the molecule is CC1CNCCC1c1ccc(F)cc1F.Cl. The summed E-state index contributed by atoms with van der Waals surface area (Å²) in [5.74, 6) is -0.294. The number of hydrogen-bond acceptors (Lipinski definition) is 1. The van der Waals surface area contributed by atoms with Gasteiger partial charge in [-0.05, 0) is 43.0 Å². The van der Waals surface area contributed by atoms with Crippen molar-refractivity contribution in [2.45, 2.75) is 19.3 Å². The van der Waals surface area contributed by atoms with E-state index in [-0.39, 0.29) is 18.3 Å². The van der Waals surface area contributed by atoms with Crippen LogP contribution in [0.25, 0.3) is 0 Å². The maximum absolute atomic E-state index is 13.5. The molecular weight excluding hydrogens is 232 g/mol. The summed E-state index contributed by atoms with van der Waals surface area (Å²) in [5, 5.41) is 3.27. The van der Waals surface area contributed by atoms with E-state index >= 15 is 0 Å². The Labute approximate surface area is 101 Å². The predicted octanol–water partition coefficient (Wildman–Crippen LogP) is 3.10. The largest absolute Gasteiger partial charge is 0.316 e. The molecule has 4 heteroatoms. The zero-order valence-corrected chi connectivity index (χ0v) is 9.99. The molecule has 1 saturated heterocycles. The standard InChI is InChI=1S/C12H15F2N.ClH/c1-8-7-15-5-4-10(8)11-3-2-9(13)6-12(11)14;/h2-3,6,8,10,15H,4-5,7H2,1H3;1H. The summed E-state index contributed by atoms with van der Waals surface area (Å²) >= 11 is 0. The lowest BCUT2D eigenvalue weighted by molar-refractivity contribution is 0.341. The lowest BCUT2D eigenvalue weighted by Crippen LogP contribution is -2.34. The molecule has 0 aliphatic carbocycles. The number of piperidine rings is 1. The van der Waals surface area contributed by atoms with Gasteiger partial charge in [0.2, 0.25) is 0 Å². The van der Waals surface area contributed by atoms with E-state index in [9.17, 15) is 8.78 Å². The van der Waals surface area contributed by atoms with Gasteiger partial charge in [-0.1, -0.05) is 13.0 Å². The van der Waals surface area contributed by atoms with E-state index < -0.39 is 11.6 Å². The second-order valence-corrected chi connectivity index (χ2v) is 4.24. The van der Waals surface area contributed by atoms with Crippen molar-refractivity contribution in [3.8, 4) is 0 Å². The predicted molar refractivity (Wildman–Crippen MR) is 63.0 cm³/mol. The molecule has 1 aromatic carbocycles. The van der Waals surface area contributed by atoms with E-state index in [4.69, 9.17) is 0 Å². The molecule has 0 aromatic heterocycles. The molecule has 0 spiro atoms. The van der Waals surface area contributed by atoms with E-state index in [0.717, 1.165) is 25.6 Å². The molecule has 1 aliphatic heterocycles. The van der Waals surface area contributed by atoms with Crippen LogP contribution in [0.4, 0.5) is 8.78 Å². The summed E-state index contributed by atoms with van der Waals surface area (Å²) in [6.07, 6.45) is 0.920. The first-order chi connectivity index (χ1) is 7.18. The van der Waals surface area contributed by atoms with Crippen molar-refractivity contribution in [1.82, 2.24) is 5.32 Å². The minimum absolute atomic E-state index is 0. The zero-order chi connectivity index (χ0) is 10.8. The van der Waals surface area contributed by atoms with E-state index in [1.165, 1.54) is 6.07 Å². The van der Waals surface area contributed by atoms with Crippen LogP contribution in [0.3, 0.4) is 0 Å². The van der Waals surface area contributed by atoms with Gasteiger partial charge in [0, 0.05) is 6.07 Å². The molecule has 0 amide bonds. The molecule has 0 bridgehead atoms. The Morgan fingerprint density at radius 3 is 2.69 bits per heavy atom. The Morgan fingerprint density at radius 1 is 1.31 bits per heavy atom. The molecule has 2 unspecified atom stereocenters. The number of halogens is 3. The second kappa shape index (κ2) is 5.60. The molecule has 1 aliphatic rings. The van der Waals surface area contributed by atoms with Crippen LogP contribution < -0.4 is 5.32 Å². The van der Waals surface area contributed by atoms with Crippen LogP contribution in [0.1, 0.15) is 24.8 Å². The van der Waals surface area contributed by atoms with Crippen LogP contribution in [0, 0.1) is 17.6 Å². The topological polar surface area (TPSA) is 12.0 Å². The average Bonchev–Trinajstić information content (AvgIpc) is 2.20. The molecule has 1 N–H and O–H groups in total. The first-order valence-corrected chi connectivity index (χ1v) is 5.34. The Morgan fingerprint density at radius 2 is 2.06 bits per heavy atom. The second-order valence-electron chi connectivity index (χ2n) is 4.24. The molecule has 1 aromatic rings. The molecule has 0 saturated carbocycles. The lowest BCUT2D eigenvalue weighted by Gasteiger charge is -2.30. The molecular formula is C12H16ClF2N. The number of nitrogens with one attached hydrogen (secondary N) is 1.